The lowest BCUT2D eigenvalue weighted by Gasteiger charge is -2.10. The average molecular weight is 721 g/mol. The van der Waals surface area contributed by atoms with E-state index < -0.39 is 0 Å². The molecule has 0 radical (unpaired) electrons. The maximum Gasteiger partial charge on any atom is 0.221 e. The predicted octanol–water partition coefficient (Wildman–Crippen LogP) is 6.57. The molecule has 0 saturated heterocycles. The van der Waals surface area contributed by atoms with Crippen molar-refractivity contribution in [2.45, 2.75) is 27.7 Å². The van der Waals surface area contributed by atoms with Gasteiger partial charge in [-0.25, -0.2) is 9.97 Å². The molecule has 4 N–H and O–H groups in total. The molecule has 4 amide bonds. The van der Waals surface area contributed by atoms with Gasteiger partial charge in [-0.3, -0.25) is 39.1 Å². The third kappa shape index (κ3) is 10.8. The lowest BCUT2D eigenvalue weighted by Crippen LogP contribution is -2.07. The molecule has 54 heavy (non-hydrogen) atoms. The van der Waals surface area contributed by atoms with E-state index in [0.717, 1.165) is 0 Å². The van der Waals surface area contributed by atoms with Crippen molar-refractivity contribution in [1.82, 2.24) is 29.9 Å². The minimum Gasteiger partial charge on any atom is -0.324 e. The fourth-order valence-corrected chi connectivity index (χ4v) is 5.03. The van der Waals surface area contributed by atoms with E-state index in [1.165, 1.54) is 27.7 Å². The number of carbonyl (C=O) groups excluding carboxylic acids is 4. The first-order valence-corrected chi connectivity index (χ1v) is 16.6. The number of pyridine rings is 4. The molecule has 14 nitrogen and oxygen atoms in total. The molecule has 5 aromatic heterocycles. The van der Waals surface area contributed by atoms with Crippen LogP contribution in [0.5, 0.6) is 0 Å². The highest BCUT2D eigenvalue weighted by molar-refractivity contribution is 5.95. The van der Waals surface area contributed by atoms with Crippen LogP contribution in [-0.4, -0.2) is 53.5 Å². The number of carbonyl (C=O) groups is 4. The Hall–Kier alpha value is -7.48. The van der Waals surface area contributed by atoms with Crippen molar-refractivity contribution in [2.75, 3.05) is 21.3 Å². The largest absolute Gasteiger partial charge is 0.324 e. The number of amides is 4. The third-order valence-corrected chi connectivity index (χ3v) is 7.35. The molecule has 0 aliphatic carbocycles. The Labute approximate surface area is 311 Å². The second-order valence-corrected chi connectivity index (χ2v) is 11.7. The van der Waals surface area contributed by atoms with Crippen molar-refractivity contribution in [2.24, 2.45) is 0 Å². The molecular weight excluding hydrogens is 685 g/mol. The third-order valence-electron chi connectivity index (χ3n) is 7.35. The quantitative estimate of drug-likeness (QED) is 0.109. The summed E-state index contributed by atoms with van der Waals surface area (Å²) in [5.74, 6) is -0.991. The molecule has 0 spiro atoms. The zero-order valence-corrected chi connectivity index (χ0v) is 29.9. The summed E-state index contributed by atoms with van der Waals surface area (Å²) in [7, 11) is 0. The zero-order chi connectivity index (χ0) is 38.5. The Morgan fingerprint density at radius 2 is 0.611 bits per heavy atom. The van der Waals surface area contributed by atoms with Crippen LogP contribution in [0.3, 0.4) is 0 Å². The molecule has 14 heteroatoms. The SMILES string of the molecule is CC(=O)Nc1cnccc1/C=C/c1nc(/C=C/c2ccncc2NC(C)=O)c(/C=C/c2ccncc2NC(C)=O)nc1/C=C/c1ccncc1NC(C)=O. The molecule has 0 aliphatic rings. The van der Waals surface area contributed by atoms with Gasteiger partial charge >= 0.3 is 0 Å². The van der Waals surface area contributed by atoms with Gasteiger partial charge in [-0.05, 0) is 48.6 Å². The summed E-state index contributed by atoms with van der Waals surface area (Å²) < 4.78 is 0. The molecule has 0 aliphatic heterocycles. The zero-order valence-electron chi connectivity index (χ0n) is 29.9. The standard InChI is InChI=1S/C40H36N10O4/c1-25(51)45-37-21-41-17-13-29(37)5-9-33-34(10-6-30-14-18-42-22-38(30)46-26(2)52)50-36(12-8-32-16-20-44-24-40(32)48-28(4)54)35(49-33)11-7-31-15-19-43-23-39(31)47-27(3)53/h5-24H,1-4H3,(H,45,51)(H,46,52)(H,47,53)(H,48,54)/b9-5+,10-6+,11-7+,12-8+. The monoisotopic (exact) mass is 720 g/mol. The van der Waals surface area contributed by atoms with E-state index in [0.29, 0.717) is 67.8 Å². The van der Waals surface area contributed by atoms with Gasteiger partial charge < -0.3 is 21.3 Å². The van der Waals surface area contributed by atoms with E-state index in [1.54, 1.807) is 122 Å². The number of nitrogens with one attached hydrogen (secondary N) is 4. The Balaban J connectivity index is 1.70. The molecule has 0 fully saturated rings. The second kappa shape index (κ2) is 18.1. The van der Waals surface area contributed by atoms with Gasteiger partial charge in [0, 0.05) is 74.7 Å². The van der Waals surface area contributed by atoms with Crippen LogP contribution in [0.25, 0.3) is 48.6 Å². The molecule has 0 atom stereocenters. The van der Waals surface area contributed by atoms with Gasteiger partial charge in [0.25, 0.3) is 0 Å². The van der Waals surface area contributed by atoms with E-state index in [9.17, 15) is 19.2 Å². The summed E-state index contributed by atoms with van der Waals surface area (Å²) >= 11 is 0. The van der Waals surface area contributed by atoms with Crippen LogP contribution in [0.4, 0.5) is 22.7 Å². The first kappa shape index (κ1) is 37.8. The normalized spacial score (nSPS) is 11.3. The first-order chi connectivity index (χ1) is 26.0. The summed E-state index contributed by atoms with van der Waals surface area (Å²) in [5, 5.41) is 11.2. The van der Waals surface area contributed by atoms with Crippen molar-refractivity contribution in [3.63, 3.8) is 0 Å². The van der Waals surface area contributed by atoms with Crippen molar-refractivity contribution >= 4 is 95.0 Å². The number of hydrogen-bond donors (Lipinski definition) is 4. The van der Waals surface area contributed by atoms with Gasteiger partial charge in [-0.1, -0.05) is 24.3 Å². The molecule has 5 heterocycles. The van der Waals surface area contributed by atoms with Crippen LogP contribution >= 0.6 is 0 Å². The molecule has 0 saturated carbocycles. The molecule has 270 valence electrons. The second-order valence-electron chi connectivity index (χ2n) is 11.7. The molecule has 0 aromatic carbocycles. The number of aromatic nitrogens is 6. The van der Waals surface area contributed by atoms with Gasteiger partial charge in [0.2, 0.25) is 23.6 Å². The van der Waals surface area contributed by atoms with Crippen LogP contribution < -0.4 is 21.3 Å². The van der Waals surface area contributed by atoms with Crippen LogP contribution in [0.15, 0.2) is 73.8 Å². The van der Waals surface area contributed by atoms with E-state index in [2.05, 4.69) is 41.2 Å². The number of nitrogens with zero attached hydrogens (tertiary/aromatic N) is 6. The van der Waals surface area contributed by atoms with Gasteiger partial charge in [-0.2, -0.15) is 0 Å². The van der Waals surface area contributed by atoms with E-state index in [1.807, 2.05) is 0 Å². The highest BCUT2D eigenvalue weighted by atomic mass is 16.2. The lowest BCUT2D eigenvalue weighted by molar-refractivity contribution is -0.115. The van der Waals surface area contributed by atoms with E-state index in [4.69, 9.17) is 9.97 Å². The summed E-state index contributed by atoms with van der Waals surface area (Å²) in [6.07, 6.45) is 26.9. The number of rotatable bonds is 12. The van der Waals surface area contributed by atoms with Crippen molar-refractivity contribution in [3.8, 4) is 0 Å². The van der Waals surface area contributed by atoms with Crippen LogP contribution in [-0.2, 0) is 19.2 Å². The van der Waals surface area contributed by atoms with Crippen LogP contribution in [0.1, 0.15) is 72.7 Å². The van der Waals surface area contributed by atoms with Gasteiger partial charge in [0.1, 0.15) is 0 Å². The fraction of sp³-hybridized carbons (Fsp3) is 0.100. The van der Waals surface area contributed by atoms with Gasteiger partial charge in [-0.15, -0.1) is 0 Å². The van der Waals surface area contributed by atoms with E-state index in [-0.39, 0.29) is 23.6 Å². The Morgan fingerprint density at radius 3 is 0.815 bits per heavy atom. The summed E-state index contributed by atoms with van der Waals surface area (Å²) in [6.45, 7) is 5.66. The van der Waals surface area contributed by atoms with Crippen LogP contribution in [0.2, 0.25) is 0 Å². The van der Waals surface area contributed by atoms with Crippen LogP contribution in [0, 0.1) is 0 Å². The summed E-state index contributed by atoms with van der Waals surface area (Å²) in [5.41, 5.74) is 6.62. The van der Waals surface area contributed by atoms with Crippen molar-refractivity contribution in [1.29, 1.82) is 0 Å². The van der Waals surface area contributed by atoms with Gasteiger partial charge in [0.05, 0.1) is 70.3 Å². The summed E-state index contributed by atoms with van der Waals surface area (Å²) in [6, 6.07) is 7.03. The molecule has 5 aromatic rings. The van der Waals surface area contributed by atoms with E-state index >= 15 is 0 Å². The number of hydrogen-bond acceptors (Lipinski definition) is 10. The van der Waals surface area contributed by atoms with Crippen molar-refractivity contribution in [3.05, 3.63) is 119 Å². The minimum atomic E-state index is -0.248. The minimum absolute atomic E-state index is 0.248. The highest BCUT2D eigenvalue weighted by Crippen LogP contribution is 2.25. The topological polar surface area (TPSA) is 194 Å². The number of anilines is 4. The summed E-state index contributed by atoms with van der Waals surface area (Å²) in [4.78, 5) is 74.3. The Kier molecular flexibility index (Phi) is 12.7. The first-order valence-electron chi connectivity index (χ1n) is 16.6. The molecular formula is C40H36N10O4. The predicted molar refractivity (Wildman–Crippen MR) is 212 cm³/mol. The van der Waals surface area contributed by atoms with Crippen molar-refractivity contribution < 1.29 is 19.2 Å². The molecule has 5 rings (SSSR count). The lowest BCUT2D eigenvalue weighted by atomic mass is 10.1. The Morgan fingerprint density at radius 1 is 0.389 bits per heavy atom. The maximum absolute atomic E-state index is 11.9. The Bertz CT molecular complexity index is 2010. The molecule has 0 bridgehead atoms. The molecule has 0 unspecified atom stereocenters. The highest BCUT2D eigenvalue weighted by Gasteiger charge is 2.11. The maximum atomic E-state index is 11.9. The smallest absolute Gasteiger partial charge is 0.221 e. The van der Waals surface area contributed by atoms with Gasteiger partial charge in [0.15, 0.2) is 0 Å². The fourth-order valence-electron chi connectivity index (χ4n) is 5.03. The average Bonchev–Trinajstić information content (AvgIpc) is 3.13.